The van der Waals surface area contributed by atoms with Gasteiger partial charge in [0.05, 0.1) is 6.07 Å². The van der Waals surface area contributed by atoms with E-state index in [0.717, 1.165) is 0 Å². The molecular weight excluding hydrogens is 78.1 g/mol. The molecule has 0 radical (unpaired) electrons. The van der Waals surface area contributed by atoms with Crippen molar-refractivity contribution in [1.29, 1.82) is 0 Å². The van der Waals surface area contributed by atoms with E-state index >= 15 is 0 Å². The molecule has 3 nitrogen and oxygen atoms in total. The van der Waals surface area contributed by atoms with Gasteiger partial charge >= 0.3 is 10.3 Å². The summed E-state index contributed by atoms with van der Waals surface area (Å²) in [6.45, 7) is 0. The van der Waals surface area contributed by atoms with Gasteiger partial charge < -0.3 is 0 Å². The molecule has 0 saturated carbocycles. The Morgan fingerprint density at radius 2 is 2.50 bits per heavy atom. The van der Waals surface area contributed by atoms with Crippen molar-refractivity contribution < 1.29 is 10.3 Å². The van der Waals surface area contributed by atoms with Crippen LogP contribution in [0, 0.1) is 0 Å². The molecule has 0 aliphatic rings. The molecule has 0 fully saturated rings. The standard InChI is InChI=1S/C3H3N3/c1-2-4-6-5-3-1/h1-3H/q+2. The van der Waals surface area contributed by atoms with E-state index in [1.54, 1.807) is 18.5 Å². The van der Waals surface area contributed by atoms with Gasteiger partial charge in [0.15, 0.2) is 5.10 Å². The van der Waals surface area contributed by atoms with Crippen molar-refractivity contribution in [3.8, 4) is 0 Å². The molecule has 0 amide bonds. The topological polar surface area (TPSA) is 41.1 Å². The van der Waals surface area contributed by atoms with Gasteiger partial charge in [0.1, 0.15) is 0 Å². The average Bonchev–Trinajstić information content (AvgIpc) is 1.72. The van der Waals surface area contributed by atoms with Gasteiger partial charge in [-0.05, 0) is 0 Å². The first-order chi connectivity index (χ1) is 3.00. The molecule has 0 atom stereocenters. The lowest BCUT2D eigenvalue weighted by Crippen LogP contribution is -2.13. The maximum Gasteiger partial charge on any atom is 0.525 e. The molecule has 0 N–H and O–H groups in total. The highest BCUT2D eigenvalue weighted by molar-refractivity contribution is 4.63. The molecule has 0 saturated heterocycles. The summed E-state index contributed by atoms with van der Waals surface area (Å²) >= 11 is 0. The second kappa shape index (κ2) is 1.31. The Bertz CT molecular complexity index is 78.0. The fourth-order valence-corrected chi connectivity index (χ4v) is 0.205. The quantitative estimate of drug-likeness (QED) is 0.373. The van der Waals surface area contributed by atoms with Crippen LogP contribution in [0.3, 0.4) is 0 Å². The van der Waals surface area contributed by atoms with E-state index in [2.05, 4.69) is 15.4 Å². The maximum absolute atomic E-state index is 3.42. The zero-order valence-corrected chi connectivity index (χ0v) is 3.07. The van der Waals surface area contributed by atoms with E-state index in [1.165, 1.54) is 0 Å². The Balaban J connectivity index is 3.00. The minimum absolute atomic E-state index is 1.58. The summed E-state index contributed by atoms with van der Waals surface area (Å²) in [6, 6.07) is 1.72. The third-order valence-electron chi connectivity index (χ3n) is 0.409. The molecular formula is C3H3N3+2. The van der Waals surface area contributed by atoms with Crippen molar-refractivity contribution in [2.24, 2.45) is 0 Å². The van der Waals surface area contributed by atoms with Crippen LogP contribution >= 0.6 is 0 Å². The maximum atomic E-state index is 3.42. The molecule has 1 aromatic heterocycles. The molecule has 3 heteroatoms. The summed E-state index contributed by atoms with van der Waals surface area (Å²) < 4.78 is 0. The third-order valence-corrected chi connectivity index (χ3v) is 0.409. The third kappa shape index (κ3) is 0.406. The van der Waals surface area contributed by atoms with Crippen LogP contribution in [0.5, 0.6) is 0 Å². The molecule has 0 aromatic carbocycles. The van der Waals surface area contributed by atoms with Crippen LogP contribution in [0.15, 0.2) is 18.5 Å². The van der Waals surface area contributed by atoms with Gasteiger partial charge in [-0.15, -0.1) is 0 Å². The zero-order chi connectivity index (χ0) is 4.24. The van der Waals surface area contributed by atoms with Crippen LogP contribution in [-0.2, 0) is 0 Å². The summed E-state index contributed by atoms with van der Waals surface area (Å²) in [4.78, 5) is 0. The second-order valence-corrected chi connectivity index (χ2v) is 0.811. The number of hydrogen-bond acceptors (Lipinski definition) is 1. The van der Waals surface area contributed by atoms with Crippen LogP contribution in [0.2, 0.25) is 0 Å². The Hall–Kier alpha value is -1.17. The van der Waals surface area contributed by atoms with Crippen LogP contribution in [0.25, 0.3) is 0 Å². The predicted molar refractivity (Wildman–Crippen MR) is 15.4 cm³/mol. The second-order valence-electron chi connectivity index (χ2n) is 0.811. The molecule has 0 aliphatic heterocycles. The molecule has 0 unspecified atom stereocenters. The first kappa shape index (κ1) is 3.04. The minimum Gasteiger partial charge on any atom is 0.0551 e. The zero-order valence-electron chi connectivity index (χ0n) is 3.07. The Morgan fingerprint density at radius 1 is 1.50 bits per heavy atom. The Kier molecular flexibility index (Phi) is 0.666. The summed E-state index contributed by atoms with van der Waals surface area (Å²) in [6.07, 6.45) is 3.15. The van der Waals surface area contributed by atoms with Crippen molar-refractivity contribution in [3.05, 3.63) is 18.5 Å². The number of hydrogen-bond donors (Lipinski definition) is 0. The number of nitrogens with zero attached hydrogens (tertiary/aromatic N) is 3. The normalized spacial score (nSPS) is 6.67. The van der Waals surface area contributed by atoms with Crippen molar-refractivity contribution in [2.45, 2.75) is 0 Å². The van der Waals surface area contributed by atoms with Crippen LogP contribution in [-0.4, -0.2) is 5.10 Å². The number of rotatable bonds is 0. The predicted octanol–water partition coefficient (Wildman–Crippen LogP) is -1.72. The highest BCUT2D eigenvalue weighted by atomic mass is 15.1. The molecule has 0 spiro atoms. The lowest BCUT2D eigenvalue weighted by atomic mass is 10.7. The fraction of sp³-hybridized carbons (Fsp3) is 0. The van der Waals surface area contributed by atoms with E-state index in [-0.39, 0.29) is 0 Å². The largest absolute Gasteiger partial charge is 0.525 e. The van der Waals surface area contributed by atoms with Crippen LogP contribution < -0.4 is 10.3 Å². The van der Waals surface area contributed by atoms with E-state index in [0.29, 0.717) is 0 Å². The van der Waals surface area contributed by atoms with Crippen LogP contribution in [0.4, 0.5) is 0 Å². The van der Waals surface area contributed by atoms with Crippen molar-refractivity contribution in [2.75, 3.05) is 0 Å². The fourth-order valence-electron chi connectivity index (χ4n) is 0.205. The molecule has 1 heterocycles. The van der Waals surface area contributed by atoms with Gasteiger partial charge in [-0.25, -0.2) is 0 Å². The molecule has 1 rings (SSSR count). The molecule has 1 aromatic rings. The lowest BCUT2D eigenvalue weighted by molar-refractivity contribution is -0.782. The summed E-state index contributed by atoms with van der Waals surface area (Å²) in [5, 5.41) is 10.1. The molecule has 6 heavy (non-hydrogen) atoms. The van der Waals surface area contributed by atoms with E-state index in [4.69, 9.17) is 0 Å². The average molecular weight is 81.1 g/mol. The number of aromatic nitrogens is 3. The SMILES string of the molecule is c1cn[n+]#[n+]c1. The lowest BCUT2D eigenvalue weighted by Gasteiger charge is -1.32. The minimum atomic E-state index is 1.58. The van der Waals surface area contributed by atoms with Gasteiger partial charge in [0.2, 0.25) is 6.20 Å². The highest BCUT2D eigenvalue weighted by Gasteiger charge is 1.85. The first-order valence-electron chi connectivity index (χ1n) is 1.58. The molecule has 0 aliphatic carbocycles. The highest BCUT2D eigenvalue weighted by Crippen LogP contribution is 1.52. The Morgan fingerprint density at radius 3 is 2.67 bits per heavy atom. The van der Waals surface area contributed by atoms with Crippen molar-refractivity contribution in [3.63, 3.8) is 0 Å². The first-order valence-corrected chi connectivity index (χ1v) is 1.58. The van der Waals surface area contributed by atoms with Gasteiger partial charge in [-0.1, -0.05) is 0 Å². The Labute approximate surface area is 35.0 Å². The van der Waals surface area contributed by atoms with Crippen molar-refractivity contribution >= 4 is 0 Å². The molecule has 0 bridgehead atoms. The smallest absolute Gasteiger partial charge is 0.0551 e. The van der Waals surface area contributed by atoms with E-state index in [1.807, 2.05) is 0 Å². The van der Waals surface area contributed by atoms with Gasteiger partial charge in [-0.2, -0.15) is 0 Å². The summed E-state index contributed by atoms with van der Waals surface area (Å²) in [5.41, 5.74) is 0. The summed E-state index contributed by atoms with van der Waals surface area (Å²) in [7, 11) is 0. The van der Waals surface area contributed by atoms with Gasteiger partial charge in [-0.3, -0.25) is 0 Å². The monoisotopic (exact) mass is 81.0 g/mol. The molecule has 28 valence electrons. The van der Waals surface area contributed by atoms with Crippen molar-refractivity contribution in [1.82, 2.24) is 5.10 Å². The van der Waals surface area contributed by atoms with E-state index < -0.39 is 0 Å². The van der Waals surface area contributed by atoms with Gasteiger partial charge in [0.25, 0.3) is 6.20 Å². The van der Waals surface area contributed by atoms with Gasteiger partial charge in [0, 0.05) is 0 Å². The van der Waals surface area contributed by atoms with Crippen LogP contribution in [0.1, 0.15) is 0 Å². The summed E-state index contributed by atoms with van der Waals surface area (Å²) in [5.74, 6) is 0. The van der Waals surface area contributed by atoms with E-state index in [9.17, 15) is 0 Å².